The third-order valence-electron chi connectivity index (χ3n) is 2.40. The molecular weight excluding hydrogens is 178 g/mol. The Hall–Kier alpha value is -1.51. The van der Waals surface area contributed by atoms with Crippen LogP contribution < -0.4 is 5.32 Å². The molecule has 0 unspecified atom stereocenters. The van der Waals surface area contributed by atoms with E-state index in [0.717, 1.165) is 11.3 Å². The molecule has 2 rings (SSSR count). The van der Waals surface area contributed by atoms with Crippen LogP contribution in [-0.2, 0) is 9.53 Å². The quantitative estimate of drug-likeness (QED) is 0.724. The lowest BCUT2D eigenvalue weighted by molar-refractivity contribution is -0.144. The first-order chi connectivity index (χ1) is 6.83. The number of carbonyl (C=O) groups excluding carboxylic acids is 1. The topological polar surface area (TPSA) is 38.3 Å². The first-order valence-corrected chi connectivity index (χ1v) is 4.82. The van der Waals surface area contributed by atoms with Crippen molar-refractivity contribution in [3.63, 3.8) is 0 Å². The number of carbonyl (C=O) groups is 1. The number of rotatable bonds is 2. The molecule has 1 N–H and O–H groups in total. The summed E-state index contributed by atoms with van der Waals surface area (Å²) in [6.45, 7) is 2.92. The third-order valence-corrected chi connectivity index (χ3v) is 2.40. The fourth-order valence-corrected chi connectivity index (χ4v) is 1.74. The Morgan fingerprint density at radius 2 is 2.36 bits per heavy atom. The number of nitrogens with one attached hydrogen (secondary N) is 1. The van der Waals surface area contributed by atoms with Crippen molar-refractivity contribution in [2.24, 2.45) is 0 Å². The van der Waals surface area contributed by atoms with Gasteiger partial charge < -0.3 is 10.1 Å². The molecule has 3 nitrogen and oxygen atoms in total. The lowest BCUT2D eigenvalue weighted by Crippen LogP contribution is -2.17. The number of anilines is 1. The van der Waals surface area contributed by atoms with Gasteiger partial charge in [0.25, 0.3) is 0 Å². The first-order valence-electron chi connectivity index (χ1n) is 4.82. The molecule has 0 radical (unpaired) electrons. The second kappa shape index (κ2) is 3.70. The van der Waals surface area contributed by atoms with Gasteiger partial charge in [-0.25, -0.2) is 0 Å². The number of para-hydroxylation sites is 1. The standard InChI is InChI=1S/C11H13NO2/c1-2-14-11(13)9-7-12-10-6-4-3-5-8(9)10/h3-6,9,12H,2,7H2,1H3/t9-/m1/s1. The van der Waals surface area contributed by atoms with Gasteiger partial charge in [-0.2, -0.15) is 0 Å². The zero-order chi connectivity index (χ0) is 9.97. The molecular formula is C11H13NO2. The van der Waals surface area contributed by atoms with E-state index in [0.29, 0.717) is 13.2 Å². The number of hydrogen-bond donors (Lipinski definition) is 1. The fourth-order valence-electron chi connectivity index (χ4n) is 1.74. The molecule has 0 amide bonds. The molecule has 0 aromatic heterocycles. The second-order valence-electron chi connectivity index (χ2n) is 3.27. The molecule has 3 heteroatoms. The Labute approximate surface area is 83.1 Å². The van der Waals surface area contributed by atoms with E-state index in [-0.39, 0.29) is 11.9 Å². The van der Waals surface area contributed by atoms with Crippen LogP contribution in [0.5, 0.6) is 0 Å². The monoisotopic (exact) mass is 191 g/mol. The maximum absolute atomic E-state index is 11.5. The summed E-state index contributed by atoms with van der Waals surface area (Å²) in [7, 11) is 0. The average Bonchev–Trinajstić information content (AvgIpc) is 2.61. The van der Waals surface area contributed by atoms with Gasteiger partial charge in [0.15, 0.2) is 0 Å². The number of ether oxygens (including phenoxy) is 1. The van der Waals surface area contributed by atoms with Gasteiger partial charge in [-0.15, -0.1) is 0 Å². The Morgan fingerprint density at radius 3 is 3.14 bits per heavy atom. The summed E-state index contributed by atoms with van der Waals surface area (Å²) in [5.41, 5.74) is 2.09. The fraction of sp³-hybridized carbons (Fsp3) is 0.364. The molecule has 0 saturated carbocycles. The van der Waals surface area contributed by atoms with Crippen molar-refractivity contribution in [1.82, 2.24) is 0 Å². The van der Waals surface area contributed by atoms with E-state index < -0.39 is 0 Å². The van der Waals surface area contributed by atoms with Crippen molar-refractivity contribution in [2.75, 3.05) is 18.5 Å². The van der Waals surface area contributed by atoms with E-state index in [1.54, 1.807) is 0 Å². The zero-order valence-corrected chi connectivity index (χ0v) is 8.12. The van der Waals surface area contributed by atoms with Crippen LogP contribution in [0.15, 0.2) is 24.3 Å². The van der Waals surface area contributed by atoms with Crippen LogP contribution in [0.4, 0.5) is 5.69 Å². The van der Waals surface area contributed by atoms with Crippen LogP contribution in [-0.4, -0.2) is 19.1 Å². The minimum atomic E-state index is -0.134. The van der Waals surface area contributed by atoms with Gasteiger partial charge in [0, 0.05) is 12.2 Å². The van der Waals surface area contributed by atoms with Crippen LogP contribution in [0.1, 0.15) is 18.4 Å². The summed E-state index contributed by atoms with van der Waals surface area (Å²) in [6, 6.07) is 7.85. The van der Waals surface area contributed by atoms with Gasteiger partial charge in [0.05, 0.1) is 6.61 Å². The van der Waals surface area contributed by atoms with E-state index in [1.165, 1.54) is 0 Å². The van der Waals surface area contributed by atoms with Crippen LogP contribution in [0.3, 0.4) is 0 Å². The van der Waals surface area contributed by atoms with Gasteiger partial charge in [0.2, 0.25) is 0 Å². The summed E-state index contributed by atoms with van der Waals surface area (Å²) in [6.07, 6.45) is 0. The highest BCUT2D eigenvalue weighted by Gasteiger charge is 2.28. The Balaban J connectivity index is 2.21. The SMILES string of the molecule is CCOC(=O)[C@@H]1CNc2ccccc21. The summed E-state index contributed by atoms with van der Waals surface area (Å²) < 4.78 is 5.00. The smallest absolute Gasteiger partial charge is 0.315 e. The van der Waals surface area contributed by atoms with Gasteiger partial charge in [-0.3, -0.25) is 4.79 Å². The largest absolute Gasteiger partial charge is 0.465 e. The van der Waals surface area contributed by atoms with Crippen LogP contribution in [0, 0.1) is 0 Å². The Kier molecular flexibility index (Phi) is 2.39. The van der Waals surface area contributed by atoms with E-state index >= 15 is 0 Å². The molecule has 0 aliphatic carbocycles. The van der Waals surface area contributed by atoms with Crippen molar-refractivity contribution >= 4 is 11.7 Å². The summed E-state index contributed by atoms with van der Waals surface area (Å²) in [5, 5.41) is 3.19. The molecule has 0 spiro atoms. The molecule has 1 aliphatic rings. The average molecular weight is 191 g/mol. The highest BCUT2D eigenvalue weighted by atomic mass is 16.5. The lowest BCUT2D eigenvalue weighted by atomic mass is 10.0. The molecule has 1 atom stereocenters. The van der Waals surface area contributed by atoms with Gasteiger partial charge in [-0.05, 0) is 18.6 Å². The third kappa shape index (κ3) is 1.45. The van der Waals surface area contributed by atoms with Crippen molar-refractivity contribution in [3.05, 3.63) is 29.8 Å². The predicted molar refractivity (Wildman–Crippen MR) is 54.3 cm³/mol. The van der Waals surface area contributed by atoms with Crippen molar-refractivity contribution in [1.29, 1.82) is 0 Å². The minimum absolute atomic E-state index is 0.133. The summed E-state index contributed by atoms with van der Waals surface area (Å²) in [4.78, 5) is 11.5. The highest BCUT2D eigenvalue weighted by Crippen LogP contribution is 2.31. The summed E-state index contributed by atoms with van der Waals surface area (Å²) >= 11 is 0. The molecule has 0 saturated heterocycles. The van der Waals surface area contributed by atoms with Crippen molar-refractivity contribution in [3.8, 4) is 0 Å². The molecule has 1 aromatic carbocycles. The maximum Gasteiger partial charge on any atom is 0.315 e. The lowest BCUT2D eigenvalue weighted by Gasteiger charge is -2.08. The number of esters is 1. The minimum Gasteiger partial charge on any atom is -0.465 e. The summed E-state index contributed by atoms with van der Waals surface area (Å²) in [5.74, 6) is -0.267. The second-order valence-corrected chi connectivity index (χ2v) is 3.27. The first kappa shape index (κ1) is 9.06. The maximum atomic E-state index is 11.5. The zero-order valence-electron chi connectivity index (χ0n) is 8.12. The van der Waals surface area contributed by atoms with E-state index in [9.17, 15) is 4.79 Å². The van der Waals surface area contributed by atoms with Gasteiger partial charge in [-0.1, -0.05) is 18.2 Å². The van der Waals surface area contributed by atoms with Crippen molar-refractivity contribution < 1.29 is 9.53 Å². The number of fused-ring (bicyclic) bond motifs is 1. The Morgan fingerprint density at radius 1 is 1.57 bits per heavy atom. The molecule has 14 heavy (non-hydrogen) atoms. The van der Waals surface area contributed by atoms with Crippen LogP contribution in [0.2, 0.25) is 0 Å². The van der Waals surface area contributed by atoms with Gasteiger partial charge in [0.1, 0.15) is 5.92 Å². The molecule has 0 fully saturated rings. The molecule has 1 aromatic rings. The normalized spacial score (nSPS) is 18.5. The van der Waals surface area contributed by atoms with Gasteiger partial charge >= 0.3 is 5.97 Å². The molecule has 1 heterocycles. The number of benzene rings is 1. The predicted octanol–water partition coefficient (Wildman–Crippen LogP) is 1.76. The van der Waals surface area contributed by atoms with Crippen LogP contribution >= 0.6 is 0 Å². The van der Waals surface area contributed by atoms with E-state index in [4.69, 9.17) is 4.74 Å². The molecule has 0 bridgehead atoms. The van der Waals surface area contributed by atoms with E-state index in [1.807, 2.05) is 31.2 Å². The highest BCUT2D eigenvalue weighted by molar-refractivity contribution is 5.83. The van der Waals surface area contributed by atoms with Crippen molar-refractivity contribution in [2.45, 2.75) is 12.8 Å². The molecule has 1 aliphatic heterocycles. The molecule has 74 valence electrons. The van der Waals surface area contributed by atoms with E-state index in [2.05, 4.69) is 5.32 Å². The van der Waals surface area contributed by atoms with Crippen LogP contribution in [0.25, 0.3) is 0 Å². The Bertz CT molecular complexity index is 349. The number of hydrogen-bond acceptors (Lipinski definition) is 3.